The molecule has 0 aliphatic carbocycles. The van der Waals surface area contributed by atoms with E-state index in [1.807, 2.05) is 0 Å². The molecule has 4 unspecified atom stereocenters. The predicted octanol–water partition coefficient (Wildman–Crippen LogP) is 0.898. The summed E-state index contributed by atoms with van der Waals surface area (Å²) in [4.78, 5) is 9.75. The van der Waals surface area contributed by atoms with Gasteiger partial charge in [0.15, 0.2) is 5.85 Å². The summed E-state index contributed by atoms with van der Waals surface area (Å²) in [5.41, 5.74) is 0. The van der Waals surface area contributed by atoms with Gasteiger partial charge >= 0.3 is 7.60 Å². The molecule has 0 aromatic heterocycles. The van der Waals surface area contributed by atoms with E-state index in [2.05, 4.69) is 0 Å². The molecule has 1 heterocycles. The fourth-order valence-corrected chi connectivity index (χ4v) is 3.95. The first-order chi connectivity index (χ1) is 10.5. The Hall–Kier alpha value is -0.0151. The third-order valence-electron chi connectivity index (χ3n) is 4.26. The number of alkyl halides is 1. The molecule has 1 aliphatic heterocycles. The highest BCUT2D eigenvalue weighted by molar-refractivity contribution is 7.53. The van der Waals surface area contributed by atoms with Crippen LogP contribution in [0.3, 0.4) is 0 Å². The number of hydrogen-bond acceptors (Lipinski definition) is 6. The Morgan fingerprint density at radius 2 is 2.04 bits per heavy atom. The molecule has 0 aromatic carbocycles. The summed E-state index contributed by atoms with van der Waals surface area (Å²) in [5.74, 6) is -5.41. The average molecular weight is 354 g/mol. The molecule has 134 valence electrons. The molecule has 7 nitrogen and oxygen atoms in total. The zero-order chi connectivity index (χ0) is 18.0. The molecule has 0 saturated carbocycles. The maximum Gasteiger partial charge on any atom is 0.359 e. The molecule has 23 heavy (non-hydrogen) atoms. The highest BCUT2D eigenvalue weighted by atomic mass is 31.2. The van der Waals surface area contributed by atoms with Crippen molar-refractivity contribution in [2.24, 2.45) is 5.92 Å². The second-order valence-electron chi connectivity index (χ2n) is 5.73. The topological polar surface area (TPSA) is 105 Å². The van der Waals surface area contributed by atoms with Crippen molar-refractivity contribution in [3.63, 3.8) is 0 Å². The lowest BCUT2D eigenvalue weighted by Crippen LogP contribution is -2.46. The predicted molar refractivity (Wildman–Crippen MR) is 81.7 cm³/mol. The second kappa shape index (κ2) is 7.91. The fourth-order valence-electron chi connectivity index (χ4n) is 2.63. The first-order valence-electron chi connectivity index (χ1n) is 7.56. The standard InChI is InChI=1S/C13H25BFO7P/c1-5-8(16)23(18,19)22-13(15,6-2)7(3)10-9(17)11(20-4)12(14)21-10/h7-12,16-17H,5-6H2,1-4H3,(H,18,19)/t7?,8?,9-,10-,11-,12-,13?/m1/s1. The van der Waals surface area contributed by atoms with E-state index in [0.717, 1.165) is 0 Å². The zero-order valence-electron chi connectivity index (χ0n) is 13.8. The van der Waals surface area contributed by atoms with E-state index in [1.165, 1.54) is 27.9 Å². The van der Waals surface area contributed by atoms with Gasteiger partial charge in [-0.05, 0) is 6.42 Å². The molecule has 0 spiro atoms. The van der Waals surface area contributed by atoms with Gasteiger partial charge in [0.1, 0.15) is 20.1 Å². The van der Waals surface area contributed by atoms with Gasteiger partial charge in [-0.3, -0.25) is 9.09 Å². The van der Waals surface area contributed by atoms with Gasteiger partial charge in [0.2, 0.25) is 5.85 Å². The Bertz CT molecular complexity index is 443. The van der Waals surface area contributed by atoms with E-state index >= 15 is 4.39 Å². The molecular weight excluding hydrogens is 329 g/mol. The van der Waals surface area contributed by atoms with Crippen LogP contribution in [-0.2, 0) is 18.6 Å². The van der Waals surface area contributed by atoms with Crippen LogP contribution in [0.5, 0.6) is 0 Å². The van der Waals surface area contributed by atoms with E-state index in [-0.39, 0.29) is 12.8 Å². The van der Waals surface area contributed by atoms with Crippen LogP contribution in [0, 0.1) is 5.92 Å². The van der Waals surface area contributed by atoms with E-state index in [0.29, 0.717) is 0 Å². The zero-order valence-corrected chi connectivity index (χ0v) is 14.6. The van der Waals surface area contributed by atoms with Crippen LogP contribution < -0.4 is 0 Å². The Balaban J connectivity index is 2.97. The lowest BCUT2D eigenvalue weighted by molar-refractivity contribution is -0.163. The average Bonchev–Trinajstić information content (AvgIpc) is 2.78. The minimum atomic E-state index is -4.59. The Morgan fingerprint density at radius 3 is 2.43 bits per heavy atom. The molecule has 0 bridgehead atoms. The summed E-state index contributed by atoms with van der Waals surface area (Å²) >= 11 is 0. The first kappa shape index (κ1) is 21.0. The van der Waals surface area contributed by atoms with Gasteiger partial charge in [0, 0.05) is 25.5 Å². The maximum absolute atomic E-state index is 15.2. The van der Waals surface area contributed by atoms with Crippen LogP contribution in [0.2, 0.25) is 0 Å². The largest absolute Gasteiger partial charge is 0.388 e. The summed E-state index contributed by atoms with van der Waals surface area (Å²) in [7, 11) is 2.42. The number of methoxy groups -OCH3 is 1. The Labute approximate surface area is 137 Å². The smallest absolute Gasteiger partial charge is 0.359 e. The van der Waals surface area contributed by atoms with Crippen LogP contribution in [0.15, 0.2) is 0 Å². The van der Waals surface area contributed by atoms with Crippen molar-refractivity contribution in [1.82, 2.24) is 0 Å². The minimum absolute atomic E-state index is 0.0683. The van der Waals surface area contributed by atoms with E-state index in [1.54, 1.807) is 0 Å². The van der Waals surface area contributed by atoms with Crippen molar-refractivity contribution in [3.05, 3.63) is 0 Å². The van der Waals surface area contributed by atoms with Gasteiger partial charge in [-0.1, -0.05) is 20.8 Å². The van der Waals surface area contributed by atoms with E-state index in [9.17, 15) is 19.7 Å². The molecule has 1 aliphatic rings. The number of hydrogen-bond donors (Lipinski definition) is 3. The number of aliphatic hydroxyl groups excluding tert-OH is 2. The molecule has 2 radical (unpaired) electrons. The third kappa shape index (κ3) is 4.34. The van der Waals surface area contributed by atoms with Gasteiger partial charge < -0.3 is 24.6 Å². The normalized spacial score (nSPS) is 36.2. The van der Waals surface area contributed by atoms with Crippen molar-refractivity contribution in [2.75, 3.05) is 7.11 Å². The number of ether oxygens (including phenoxy) is 2. The van der Waals surface area contributed by atoms with Gasteiger partial charge in [-0.25, -0.2) is 4.39 Å². The monoisotopic (exact) mass is 354 g/mol. The highest BCUT2D eigenvalue weighted by Crippen LogP contribution is 2.54. The van der Waals surface area contributed by atoms with E-state index in [4.69, 9.17) is 21.8 Å². The number of aliphatic hydroxyl groups is 2. The molecule has 0 aromatic rings. The first-order valence-corrected chi connectivity index (χ1v) is 9.20. The number of rotatable bonds is 8. The van der Waals surface area contributed by atoms with E-state index < -0.39 is 49.5 Å². The Morgan fingerprint density at radius 1 is 1.48 bits per heavy atom. The quantitative estimate of drug-likeness (QED) is 0.439. The maximum atomic E-state index is 15.2. The number of halogens is 1. The van der Waals surface area contributed by atoms with Crippen LogP contribution in [-0.4, -0.2) is 66.1 Å². The summed E-state index contributed by atoms with van der Waals surface area (Å²) < 4.78 is 42.3. The molecular formula is C13H25BFO7P. The summed E-state index contributed by atoms with van der Waals surface area (Å²) in [5, 5.41) is 19.7. The highest BCUT2D eigenvalue weighted by Gasteiger charge is 2.53. The van der Waals surface area contributed by atoms with Gasteiger partial charge in [-0.2, -0.15) is 0 Å². The summed E-state index contributed by atoms with van der Waals surface area (Å²) in [6.07, 6.45) is -3.50. The molecule has 8 atom stereocenters. The van der Waals surface area contributed by atoms with Crippen molar-refractivity contribution >= 4 is 15.4 Å². The minimum Gasteiger partial charge on any atom is -0.388 e. The Kier molecular flexibility index (Phi) is 7.23. The molecule has 1 saturated heterocycles. The van der Waals surface area contributed by atoms with Crippen LogP contribution in [0.1, 0.15) is 33.6 Å². The fraction of sp³-hybridized carbons (Fsp3) is 1.00. The third-order valence-corrected chi connectivity index (χ3v) is 5.95. The van der Waals surface area contributed by atoms with Crippen molar-refractivity contribution < 1.29 is 38.1 Å². The van der Waals surface area contributed by atoms with Gasteiger partial charge in [0.05, 0.1) is 6.10 Å². The SMILES string of the molecule is [B][C@@H]1O[C@H](C(C)C(F)(CC)OP(=O)(O)C(O)CC)[C@@H](O)[C@H]1OC. The molecule has 0 amide bonds. The van der Waals surface area contributed by atoms with Crippen molar-refractivity contribution in [1.29, 1.82) is 0 Å². The lowest BCUT2D eigenvalue weighted by Gasteiger charge is -2.36. The van der Waals surface area contributed by atoms with Crippen LogP contribution >= 0.6 is 7.60 Å². The van der Waals surface area contributed by atoms with Crippen molar-refractivity contribution in [2.45, 2.75) is 69.6 Å². The summed E-state index contributed by atoms with van der Waals surface area (Å²) in [6, 6.07) is -0.953. The van der Waals surface area contributed by atoms with Crippen molar-refractivity contribution in [3.8, 4) is 0 Å². The lowest BCUT2D eigenvalue weighted by atomic mass is 9.87. The molecule has 10 heteroatoms. The van der Waals surface area contributed by atoms with Crippen LogP contribution in [0.25, 0.3) is 0 Å². The molecule has 1 rings (SSSR count). The van der Waals surface area contributed by atoms with Gasteiger partial charge in [-0.15, -0.1) is 0 Å². The molecule has 1 fully saturated rings. The second-order valence-corrected chi connectivity index (χ2v) is 7.64. The van der Waals surface area contributed by atoms with Gasteiger partial charge in [0.25, 0.3) is 0 Å². The van der Waals surface area contributed by atoms with Crippen LogP contribution in [0.4, 0.5) is 4.39 Å². The summed E-state index contributed by atoms with van der Waals surface area (Å²) in [6.45, 7) is 4.27. The molecule has 3 N–H and O–H groups in total.